The zero-order chi connectivity index (χ0) is 18.9. The van der Waals surface area contributed by atoms with Crippen LogP contribution in [0.2, 0.25) is 0 Å². The second-order valence-corrected chi connectivity index (χ2v) is 5.44. The Morgan fingerprint density at radius 3 is 2.69 bits per heavy atom. The third-order valence-corrected chi connectivity index (χ3v) is 3.55. The fourth-order valence-electron chi connectivity index (χ4n) is 2.38. The first-order chi connectivity index (χ1) is 12.6. The SMILES string of the molecule is C=CCc1cc(/C=C(/C#N)C(=O)Nc2ccccc2)cc(OCC)c1O. The Bertz CT molecular complexity index is 865. The van der Waals surface area contributed by atoms with Crippen molar-refractivity contribution in [1.82, 2.24) is 0 Å². The monoisotopic (exact) mass is 348 g/mol. The number of carbonyl (C=O) groups excluding carboxylic acids is 1. The van der Waals surface area contributed by atoms with Crippen molar-refractivity contribution in [1.29, 1.82) is 5.26 Å². The van der Waals surface area contributed by atoms with Crippen molar-refractivity contribution in [3.8, 4) is 17.6 Å². The average molecular weight is 348 g/mol. The van der Waals surface area contributed by atoms with Crippen molar-refractivity contribution < 1.29 is 14.6 Å². The van der Waals surface area contributed by atoms with Crippen molar-refractivity contribution >= 4 is 17.7 Å². The molecule has 0 radical (unpaired) electrons. The number of hydrogen-bond acceptors (Lipinski definition) is 4. The molecule has 132 valence electrons. The molecule has 0 aliphatic heterocycles. The quantitative estimate of drug-likeness (QED) is 0.449. The van der Waals surface area contributed by atoms with Crippen LogP contribution in [-0.4, -0.2) is 17.6 Å². The van der Waals surface area contributed by atoms with Crippen molar-refractivity contribution in [3.63, 3.8) is 0 Å². The van der Waals surface area contributed by atoms with Crippen molar-refractivity contribution in [2.45, 2.75) is 13.3 Å². The van der Waals surface area contributed by atoms with Gasteiger partial charge in [-0.25, -0.2) is 0 Å². The standard InChI is InChI=1S/C21H20N2O3/c1-3-8-16-11-15(13-19(20(16)24)26-4-2)12-17(14-22)21(25)23-18-9-6-5-7-10-18/h3,5-7,9-13,24H,1,4,8H2,2H3,(H,23,25)/b17-12-. The maximum atomic E-state index is 12.3. The first-order valence-corrected chi connectivity index (χ1v) is 8.16. The van der Waals surface area contributed by atoms with Gasteiger partial charge in [0.1, 0.15) is 11.6 Å². The molecule has 0 aliphatic carbocycles. The summed E-state index contributed by atoms with van der Waals surface area (Å²) in [6, 6.07) is 14.1. The number of para-hydroxylation sites is 1. The molecule has 1 amide bonds. The smallest absolute Gasteiger partial charge is 0.266 e. The van der Waals surface area contributed by atoms with Gasteiger partial charge >= 0.3 is 0 Å². The fourth-order valence-corrected chi connectivity index (χ4v) is 2.38. The van der Waals surface area contributed by atoms with Gasteiger partial charge in [-0.15, -0.1) is 6.58 Å². The number of amides is 1. The van der Waals surface area contributed by atoms with Crippen LogP contribution in [0.5, 0.6) is 11.5 Å². The summed E-state index contributed by atoms with van der Waals surface area (Å²) < 4.78 is 5.44. The van der Waals surface area contributed by atoms with Crippen LogP contribution in [0, 0.1) is 11.3 Å². The van der Waals surface area contributed by atoms with E-state index in [0.717, 1.165) is 0 Å². The Labute approximate surface area is 152 Å². The minimum atomic E-state index is -0.505. The number of allylic oxidation sites excluding steroid dienone is 1. The lowest BCUT2D eigenvalue weighted by molar-refractivity contribution is -0.112. The highest BCUT2D eigenvalue weighted by Crippen LogP contribution is 2.33. The highest BCUT2D eigenvalue weighted by Gasteiger charge is 2.13. The molecular weight excluding hydrogens is 328 g/mol. The molecule has 0 aromatic heterocycles. The number of phenolic OH excluding ortho intramolecular Hbond substituents is 1. The van der Waals surface area contributed by atoms with Crippen LogP contribution in [0.15, 0.2) is 60.7 Å². The Morgan fingerprint density at radius 1 is 1.35 bits per heavy atom. The van der Waals surface area contributed by atoms with Gasteiger partial charge in [0.2, 0.25) is 0 Å². The van der Waals surface area contributed by atoms with Gasteiger partial charge in [0, 0.05) is 11.3 Å². The summed E-state index contributed by atoms with van der Waals surface area (Å²) in [5.74, 6) is -0.162. The molecule has 0 heterocycles. The topological polar surface area (TPSA) is 82.4 Å². The van der Waals surface area contributed by atoms with E-state index in [0.29, 0.717) is 35.6 Å². The molecule has 0 saturated heterocycles. The molecule has 0 aliphatic rings. The molecule has 0 unspecified atom stereocenters. The molecule has 0 atom stereocenters. The maximum Gasteiger partial charge on any atom is 0.266 e. The molecule has 5 heteroatoms. The molecule has 0 bridgehead atoms. The Balaban J connectivity index is 2.36. The molecule has 2 rings (SSSR count). The predicted molar refractivity (Wildman–Crippen MR) is 102 cm³/mol. The third-order valence-electron chi connectivity index (χ3n) is 3.55. The first-order valence-electron chi connectivity index (χ1n) is 8.16. The molecule has 5 nitrogen and oxygen atoms in total. The maximum absolute atomic E-state index is 12.3. The van der Waals surface area contributed by atoms with Gasteiger partial charge in [-0.3, -0.25) is 4.79 Å². The third kappa shape index (κ3) is 4.74. The lowest BCUT2D eigenvalue weighted by Crippen LogP contribution is -2.13. The minimum Gasteiger partial charge on any atom is -0.504 e. The van der Waals surface area contributed by atoms with E-state index in [1.807, 2.05) is 19.1 Å². The van der Waals surface area contributed by atoms with Gasteiger partial charge in [-0.05, 0) is 49.2 Å². The summed E-state index contributed by atoms with van der Waals surface area (Å²) in [5, 5.41) is 22.3. The van der Waals surface area contributed by atoms with Gasteiger partial charge in [-0.1, -0.05) is 24.3 Å². The lowest BCUT2D eigenvalue weighted by Gasteiger charge is -2.11. The lowest BCUT2D eigenvalue weighted by atomic mass is 10.0. The molecule has 0 saturated carbocycles. The second-order valence-electron chi connectivity index (χ2n) is 5.44. The minimum absolute atomic E-state index is 0.0381. The summed E-state index contributed by atoms with van der Waals surface area (Å²) in [6.07, 6.45) is 3.56. The molecule has 2 aromatic carbocycles. The fraction of sp³-hybridized carbons (Fsp3) is 0.143. The summed E-state index contributed by atoms with van der Waals surface area (Å²) >= 11 is 0. The summed E-state index contributed by atoms with van der Waals surface area (Å²) in [5.41, 5.74) is 1.75. The first kappa shape index (κ1) is 18.8. The molecule has 2 aromatic rings. The number of phenols is 1. The highest BCUT2D eigenvalue weighted by molar-refractivity contribution is 6.09. The Kier molecular flexibility index (Phi) is 6.58. The van der Waals surface area contributed by atoms with Crippen LogP contribution in [0.25, 0.3) is 6.08 Å². The Hall–Kier alpha value is -3.52. The number of rotatable bonds is 7. The van der Waals surface area contributed by atoms with E-state index in [9.17, 15) is 15.2 Å². The van der Waals surface area contributed by atoms with Gasteiger partial charge in [-0.2, -0.15) is 5.26 Å². The number of hydrogen-bond donors (Lipinski definition) is 2. The van der Waals surface area contributed by atoms with E-state index in [1.165, 1.54) is 6.08 Å². The Morgan fingerprint density at radius 2 is 2.08 bits per heavy atom. The number of anilines is 1. The van der Waals surface area contributed by atoms with Crippen LogP contribution in [0.3, 0.4) is 0 Å². The number of aromatic hydroxyl groups is 1. The number of nitriles is 1. The van der Waals surface area contributed by atoms with E-state index >= 15 is 0 Å². The van der Waals surface area contributed by atoms with Gasteiger partial charge in [0.05, 0.1) is 6.61 Å². The van der Waals surface area contributed by atoms with E-state index in [2.05, 4.69) is 11.9 Å². The molecule has 0 fully saturated rings. The van der Waals surface area contributed by atoms with Crippen molar-refractivity contribution in [2.24, 2.45) is 0 Å². The number of nitrogens with zero attached hydrogens (tertiary/aromatic N) is 1. The summed E-state index contributed by atoms with van der Waals surface area (Å²) in [4.78, 5) is 12.3. The molecule has 2 N–H and O–H groups in total. The number of ether oxygens (including phenoxy) is 1. The largest absolute Gasteiger partial charge is 0.504 e. The molecule has 0 spiro atoms. The molecular formula is C21H20N2O3. The van der Waals surface area contributed by atoms with Gasteiger partial charge in [0.15, 0.2) is 11.5 Å². The average Bonchev–Trinajstić information content (AvgIpc) is 2.64. The van der Waals surface area contributed by atoms with Crippen LogP contribution < -0.4 is 10.1 Å². The predicted octanol–water partition coefficient (Wildman–Crippen LogP) is 4.07. The summed E-state index contributed by atoms with van der Waals surface area (Å²) in [6.45, 7) is 5.86. The zero-order valence-electron chi connectivity index (χ0n) is 14.5. The van der Waals surface area contributed by atoms with Crippen molar-refractivity contribution in [3.05, 3.63) is 71.8 Å². The highest BCUT2D eigenvalue weighted by atomic mass is 16.5. The van der Waals surface area contributed by atoms with E-state index in [1.54, 1.807) is 42.5 Å². The number of benzene rings is 2. The van der Waals surface area contributed by atoms with Crippen LogP contribution in [0.4, 0.5) is 5.69 Å². The van der Waals surface area contributed by atoms with Gasteiger partial charge < -0.3 is 15.2 Å². The molecule has 26 heavy (non-hydrogen) atoms. The number of nitrogens with one attached hydrogen (secondary N) is 1. The van der Waals surface area contributed by atoms with Crippen LogP contribution in [0.1, 0.15) is 18.1 Å². The van der Waals surface area contributed by atoms with Crippen LogP contribution >= 0.6 is 0 Å². The van der Waals surface area contributed by atoms with E-state index in [-0.39, 0.29) is 11.3 Å². The normalized spacial score (nSPS) is 10.7. The van der Waals surface area contributed by atoms with Gasteiger partial charge in [0.25, 0.3) is 5.91 Å². The van der Waals surface area contributed by atoms with E-state index < -0.39 is 5.91 Å². The summed E-state index contributed by atoms with van der Waals surface area (Å²) in [7, 11) is 0. The zero-order valence-corrected chi connectivity index (χ0v) is 14.5. The second kappa shape index (κ2) is 9.09. The van der Waals surface area contributed by atoms with Crippen molar-refractivity contribution in [2.75, 3.05) is 11.9 Å². The van der Waals surface area contributed by atoms with Crippen LogP contribution in [-0.2, 0) is 11.2 Å². The van der Waals surface area contributed by atoms with E-state index in [4.69, 9.17) is 4.74 Å². The number of carbonyl (C=O) groups is 1.